The molecule has 108 valence electrons. The predicted octanol–water partition coefficient (Wildman–Crippen LogP) is 0.954. The molecular weight excluding hydrogens is 268 g/mol. The maximum absolute atomic E-state index is 11.9. The molecule has 0 aliphatic heterocycles. The van der Waals surface area contributed by atoms with Crippen molar-refractivity contribution in [2.75, 3.05) is 6.54 Å². The summed E-state index contributed by atoms with van der Waals surface area (Å²) >= 11 is 0. The SMILES string of the molecule is Cc1cc(CS(=O)(=O)NCC2CCCC(O)C2)no1. The number of hydrogen-bond acceptors (Lipinski definition) is 5. The van der Waals surface area contributed by atoms with Crippen LogP contribution >= 0.6 is 0 Å². The van der Waals surface area contributed by atoms with Gasteiger partial charge in [-0.05, 0) is 32.1 Å². The third-order valence-electron chi connectivity index (χ3n) is 3.36. The average Bonchev–Trinajstić information content (AvgIpc) is 2.72. The molecule has 2 unspecified atom stereocenters. The Morgan fingerprint density at radius 3 is 2.95 bits per heavy atom. The molecule has 0 aromatic carbocycles. The van der Waals surface area contributed by atoms with Gasteiger partial charge in [-0.15, -0.1) is 0 Å². The number of nitrogens with one attached hydrogen (secondary N) is 1. The summed E-state index contributed by atoms with van der Waals surface area (Å²) in [5.41, 5.74) is 0.411. The monoisotopic (exact) mass is 288 g/mol. The van der Waals surface area contributed by atoms with Crippen LogP contribution < -0.4 is 4.72 Å². The highest BCUT2D eigenvalue weighted by Crippen LogP contribution is 2.23. The zero-order chi connectivity index (χ0) is 13.9. The zero-order valence-corrected chi connectivity index (χ0v) is 11.8. The van der Waals surface area contributed by atoms with Gasteiger partial charge in [-0.1, -0.05) is 11.6 Å². The van der Waals surface area contributed by atoms with Gasteiger partial charge in [0.05, 0.1) is 6.10 Å². The first-order valence-corrected chi connectivity index (χ1v) is 8.17. The largest absolute Gasteiger partial charge is 0.393 e. The first-order valence-electron chi connectivity index (χ1n) is 6.52. The van der Waals surface area contributed by atoms with Crippen molar-refractivity contribution in [2.24, 2.45) is 5.92 Å². The third kappa shape index (κ3) is 4.59. The summed E-state index contributed by atoms with van der Waals surface area (Å²) in [6.07, 6.45) is 3.12. The summed E-state index contributed by atoms with van der Waals surface area (Å²) in [6.45, 7) is 2.11. The number of hydrogen-bond donors (Lipinski definition) is 2. The third-order valence-corrected chi connectivity index (χ3v) is 4.64. The molecule has 2 N–H and O–H groups in total. The van der Waals surface area contributed by atoms with Crippen molar-refractivity contribution < 1.29 is 18.0 Å². The lowest BCUT2D eigenvalue weighted by atomic mass is 9.87. The molecule has 0 amide bonds. The van der Waals surface area contributed by atoms with Crippen molar-refractivity contribution in [1.29, 1.82) is 0 Å². The number of rotatable bonds is 5. The Bertz CT molecular complexity index is 512. The summed E-state index contributed by atoms with van der Waals surface area (Å²) in [5.74, 6) is 0.651. The quantitative estimate of drug-likeness (QED) is 0.841. The zero-order valence-electron chi connectivity index (χ0n) is 11.0. The van der Waals surface area contributed by atoms with Gasteiger partial charge in [-0.2, -0.15) is 0 Å². The van der Waals surface area contributed by atoms with Gasteiger partial charge >= 0.3 is 0 Å². The Kier molecular flexibility index (Phi) is 4.59. The van der Waals surface area contributed by atoms with Gasteiger partial charge in [0.15, 0.2) is 0 Å². The molecule has 0 saturated heterocycles. The molecule has 1 heterocycles. The van der Waals surface area contributed by atoms with Crippen molar-refractivity contribution in [3.63, 3.8) is 0 Å². The molecule has 2 atom stereocenters. The smallest absolute Gasteiger partial charge is 0.217 e. The lowest BCUT2D eigenvalue weighted by Crippen LogP contribution is -2.33. The van der Waals surface area contributed by atoms with Gasteiger partial charge in [-0.3, -0.25) is 0 Å². The van der Waals surface area contributed by atoms with E-state index in [9.17, 15) is 13.5 Å². The molecule has 1 aliphatic carbocycles. The van der Waals surface area contributed by atoms with E-state index in [0.29, 0.717) is 24.4 Å². The summed E-state index contributed by atoms with van der Waals surface area (Å²) in [6, 6.07) is 1.61. The molecule has 0 bridgehead atoms. The molecule has 7 heteroatoms. The lowest BCUT2D eigenvalue weighted by molar-refractivity contribution is 0.102. The predicted molar refractivity (Wildman–Crippen MR) is 69.8 cm³/mol. The minimum absolute atomic E-state index is 0.167. The van der Waals surface area contributed by atoms with Crippen molar-refractivity contribution in [3.8, 4) is 0 Å². The molecule has 2 rings (SSSR count). The van der Waals surface area contributed by atoms with Gasteiger partial charge in [-0.25, -0.2) is 13.1 Å². The molecule has 0 spiro atoms. The Labute approximate surface area is 113 Å². The highest BCUT2D eigenvalue weighted by atomic mass is 32.2. The minimum atomic E-state index is -3.39. The van der Waals surface area contributed by atoms with Gasteiger partial charge in [0, 0.05) is 12.6 Å². The van der Waals surface area contributed by atoms with E-state index in [0.717, 1.165) is 19.3 Å². The number of aryl methyl sites for hydroxylation is 1. The van der Waals surface area contributed by atoms with E-state index in [2.05, 4.69) is 9.88 Å². The molecule has 0 radical (unpaired) electrons. The normalized spacial score (nSPS) is 24.5. The first kappa shape index (κ1) is 14.5. The summed E-state index contributed by atoms with van der Waals surface area (Å²) in [4.78, 5) is 0. The molecule has 6 nitrogen and oxygen atoms in total. The molecular formula is C12H20N2O4S. The Morgan fingerprint density at radius 1 is 1.53 bits per heavy atom. The van der Waals surface area contributed by atoms with E-state index in [4.69, 9.17) is 4.52 Å². The Hall–Kier alpha value is -0.920. The van der Waals surface area contributed by atoms with Crippen LogP contribution in [0, 0.1) is 12.8 Å². The number of aliphatic hydroxyl groups excluding tert-OH is 1. The van der Waals surface area contributed by atoms with Crippen LogP contribution in [-0.4, -0.2) is 31.3 Å². The van der Waals surface area contributed by atoms with Crippen LogP contribution in [0.25, 0.3) is 0 Å². The molecule has 1 aromatic rings. The van der Waals surface area contributed by atoms with Crippen LogP contribution in [-0.2, 0) is 15.8 Å². The number of aliphatic hydroxyl groups is 1. The standard InChI is InChI=1S/C12H20N2O4S/c1-9-5-11(14-18-9)8-19(16,17)13-7-10-3-2-4-12(15)6-10/h5,10,12-13,15H,2-4,6-8H2,1H3. The highest BCUT2D eigenvalue weighted by Gasteiger charge is 2.22. The van der Waals surface area contributed by atoms with E-state index >= 15 is 0 Å². The van der Waals surface area contributed by atoms with Crippen LogP contribution in [0.3, 0.4) is 0 Å². The molecule has 19 heavy (non-hydrogen) atoms. The second-order valence-electron chi connectivity index (χ2n) is 5.22. The van der Waals surface area contributed by atoms with E-state index in [-0.39, 0.29) is 17.8 Å². The second kappa shape index (κ2) is 6.02. The van der Waals surface area contributed by atoms with Crippen molar-refractivity contribution in [3.05, 3.63) is 17.5 Å². The highest BCUT2D eigenvalue weighted by molar-refractivity contribution is 7.88. The van der Waals surface area contributed by atoms with E-state index in [1.54, 1.807) is 13.0 Å². The Balaban J connectivity index is 1.83. The maximum Gasteiger partial charge on any atom is 0.217 e. The van der Waals surface area contributed by atoms with Gasteiger partial charge < -0.3 is 9.63 Å². The van der Waals surface area contributed by atoms with Crippen molar-refractivity contribution >= 4 is 10.0 Å². The van der Waals surface area contributed by atoms with Crippen LogP contribution in [0.4, 0.5) is 0 Å². The van der Waals surface area contributed by atoms with E-state index in [1.807, 2.05) is 0 Å². The first-order chi connectivity index (χ1) is 8.94. The van der Waals surface area contributed by atoms with Crippen LogP contribution in [0.1, 0.15) is 37.1 Å². The van der Waals surface area contributed by atoms with Crippen LogP contribution in [0.15, 0.2) is 10.6 Å². The van der Waals surface area contributed by atoms with Gasteiger partial charge in [0.25, 0.3) is 0 Å². The lowest BCUT2D eigenvalue weighted by Gasteiger charge is -2.25. The van der Waals surface area contributed by atoms with Crippen molar-refractivity contribution in [1.82, 2.24) is 9.88 Å². The number of aromatic nitrogens is 1. The molecule has 1 fully saturated rings. The fourth-order valence-corrected chi connectivity index (χ4v) is 3.54. The van der Waals surface area contributed by atoms with E-state index < -0.39 is 10.0 Å². The second-order valence-corrected chi connectivity index (χ2v) is 7.03. The molecule has 1 saturated carbocycles. The average molecular weight is 288 g/mol. The number of nitrogens with zero attached hydrogens (tertiary/aromatic N) is 1. The van der Waals surface area contributed by atoms with Gasteiger partial charge in [0.2, 0.25) is 10.0 Å². The minimum Gasteiger partial charge on any atom is -0.393 e. The Morgan fingerprint density at radius 2 is 2.32 bits per heavy atom. The summed E-state index contributed by atoms with van der Waals surface area (Å²) in [7, 11) is -3.39. The van der Waals surface area contributed by atoms with Crippen LogP contribution in [0.5, 0.6) is 0 Å². The number of sulfonamides is 1. The fourth-order valence-electron chi connectivity index (χ4n) is 2.42. The summed E-state index contributed by atoms with van der Waals surface area (Å²) < 4.78 is 31.2. The molecule has 1 aliphatic rings. The van der Waals surface area contributed by atoms with Crippen LogP contribution in [0.2, 0.25) is 0 Å². The van der Waals surface area contributed by atoms with Crippen molar-refractivity contribution in [2.45, 2.75) is 44.5 Å². The topological polar surface area (TPSA) is 92.4 Å². The van der Waals surface area contributed by atoms with Gasteiger partial charge in [0.1, 0.15) is 17.2 Å². The van der Waals surface area contributed by atoms with E-state index in [1.165, 1.54) is 0 Å². The summed E-state index contributed by atoms with van der Waals surface area (Å²) in [5, 5.41) is 13.2. The maximum atomic E-state index is 11.9. The molecule has 1 aromatic heterocycles. The fraction of sp³-hybridized carbons (Fsp3) is 0.750.